The Morgan fingerprint density at radius 2 is 2.00 bits per heavy atom. The van der Waals surface area contributed by atoms with Gasteiger partial charge < -0.3 is 10.1 Å². The number of nitro groups is 1. The number of hydrogen-bond acceptors (Lipinski definition) is 7. The molecular weight excluding hydrogens is 394 g/mol. The van der Waals surface area contributed by atoms with Crippen molar-refractivity contribution in [2.45, 2.75) is 31.7 Å². The molecule has 27 heavy (non-hydrogen) atoms. The van der Waals surface area contributed by atoms with Crippen molar-refractivity contribution < 1.29 is 18.1 Å². The Morgan fingerprint density at radius 1 is 1.37 bits per heavy atom. The molecule has 0 aromatic heterocycles. The third kappa shape index (κ3) is 6.27. The predicted molar refractivity (Wildman–Crippen MR) is 107 cm³/mol. The van der Waals surface area contributed by atoms with E-state index in [9.17, 15) is 18.5 Å². The Hall–Kier alpha value is -2.02. The largest absolute Gasteiger partial charge is 0.383 e. The molecule has 1 aromatic rings. The molecule has 1 aromatic carbocycles. The number of benzene rings is 1. The predicted octanol–water partition coefficient (Wildman–Crippen LogP) is 1.45. The summed E-state index contributed by atoms with van der Waals surface area (Å²) in [4.78, 5) is 10.2. The number of thiocarbonyl (C=S) groups is 1. The van der Waals surface area contributed by atoms with Gasteiger partial charge in [-0.05, 0) is 25.2 Å². The standard InChI is InChI=1S/C15H25N5O5S2/c1-5-19(6-2)27(23,24)14-9-12(20(21)22)7-8-13(14)17-18-15(26)16-11(3)10-25-4/h7-9,11,17H,5-6,10H2,1-4H3,(H2,16,18,26). The van der Waals surface area contributed by atoms with E-state index in [1.54, 1.807) is 21.0 Å². The number of nitrogens with one attached hydrogen (secondary N) is 3. The van der Waals surface area contributed by atoms with Crippen LogP contribution in [-0.4, -0.2) is 55.6 Å². The molecule has 0 aliphatic carbocycles. The van der Waals surface area contributed by atoms with E-state index >= 15 is 0 Å². The van der Waals surface area contributed by atoms with E-state index in [2.05, 4.69) is 16.2 Å². The third-order valence-corrected chi connectivity index (χ3v) is 5.91. The molecule has 1 rings (SSSR count). The van der Waals surface area contributed by atoms with Crippen molar-refractivity contribution in [2.75, 3.05) is 32.2 Å². The van der Waals surface area contributed by atoms with Gasteiger partial charge in [-0.3, -0.25) is 21.0 Å². The summed E-state index contributed by atoms with van der Waals surface area (Å²) in [5.74, 6) is 0. The second-order valence-corrected chi connectivity index (χ2v) is 7.92. The maximum absolute atomic E-state index is 12.9. The zero-order chi connectivity index (χ0) is 20.6. The summed E-state index contributed by atoms with van der Waals surface area (Å²) in [6, 6.07) is 3.51. The van der Waals surface area contributed by atoms with Gasteiger partial charge in [0.05, 0.1) is 17.2 Å². The van der Waals surface area contributed by atoms with Crippen LogP contribution in [0.2, 0.25) is 0 Å². The van der Waals surface area contributed by atoms with Crippen LogP contribution in [0.4, 0.5) is 11.4 Å². The molecule has 0 radical (unpaired) electrons. The molecule has 3 N–H and O–H groups in total. The lowest BCUT2D eigenvalue weighted by Gasteiger charge is -2.22. The summed E-state index contributed by atoms with van der Waals surface area (Å²) in [7, 11) is -2.36. The van der Waals surface area contributed by atoms with E-state index in [0.29, 0.717) is 6.61 Å². The lowest BCUT2D eigenvalue weighted by molar-refractivity contribution is -0.385. The van der Waals surface area contributed by atoms with Crippen LogP contribution in [0, 0.1) is 10.1 Å². The van der Waals surface area contributed by atoms with E-state index in [-0.39, 0.29) is 40.5 Å². The van der Waals surface area contributed by atoms with Gasteiger partial charge in [-0.1, -0.05) is 13.8 Å². The van der Waals surface area contributed by atoms with Gasteiger partial charge in [0.1, 0.15) is 4.90 Å². The fraction of sp³-hybridized carbons (Fsp3) is 0.533. The number of sulfonamides is 1. The number of hydrazine groups is 1. The number of nitrogens with zero attached hydrogens (tertiary/aromatic N) is 2. The number of hydrogen-bond donors (Lipinski definition) is 3. The van der Waals surface area contributed by atoms with Crippen LogP contribution in [0.1, 0.15) is 20.8 Å². The van der Waals surface area contributed by atoms with Crippen LogP contribution in [-0.2, 0) is 14.8 Å². The molecule has 0 saturated carbocycles. The number of anilines is 1. The monoisotopic (exact) mass is 419 g/mol. The summed E-state index contributed by atoms with van der Waals surface area (Å²) in [6.07, 6.45) is 0. The molecule has 0 saturated heterocycles. The Bertz CT molecular complexity index is 768. The van der Waals surface area contributed by atoms with Gasteiger partial charge in [-0.2, -0.15) is 4.31 Å². The summed E-state index contributed by atoms with van der Waals surface area (Å²) in [6.45, 7) is 6.16. The summed E-state index contributed by atoms with van der Waals surface area (Å²) in [5.41, 5.74) is 5.23. The summed E-state index contributed by atoms with van der Waals surface area (Å²) in [5, 5.41) is 14.2. The van der Waals surface area contributed by atoms with Gasteiger partial charge >= 0.3 is 0 Å². The zero-order valence-corrected chi connectivity index (χ0v) is 17.3. The first-order chi connectivity index (χ1) is 12.7. The molecular formula is C15H25N5O5S2. The smallest absolute Gasteiger partial charge is 0.270 e. The minimum Gasteiger partial charge on any atom is -0.383 e. The molecule has 10 nitrogen and oxygen atoms in total. The number of nitro benzene ring substituents is 1. The highest BCUT2D eigenvalue weighted by molar-refractivity contribution is 7.89. The van der Waals surface area contributed by atoms with E-state index < -0.39 is 14.9 Å². The normalized spacial score (nSPS) is 12.5. The highest BCUT2D eigenvalue weighted by Crippen LogP contribution is 2.28. The molecule has 152 valence electrons. The van der Waals surface area contributed by atoms with Gasteiger partial charge in [-0.15, -0.1) is 0 Å². The van der Waals surface area contributed by atoms with Gasteiger partial charge in [0, 0.05) is 38.4 Å². The fourth-order valence-electron chi connectivity index (χ4n) is 2.32. The topological polar surface area (TPSA) is 126 Å². The van der Waals surface area contributed by atoms with Gasteiger partial charge in [-0.25, -0.2) is 8.42 Å². The highest BCUT2D eigenvalue weighted by atomic mass is 32.2. The molecule has 0 spiro atoms. The first kappa shape index (κ1) is 23.0. The van der Waals surface area contributed by atoms with Gasteiger partial charge in [0.25, 0.3) is 5.69 Å². The van der Waals surface area contributed by atoms with Crippen molar-refractivity contribution >= 4 is 38.7 Å². The minimum absolute atomic E-state index is 0.0625. The van der Waals surface area contributed by atoms with Crippen LogP contribution in [0.25, 0.3) is 0 Å². The molecule has 0 aliphatic heterocycles. The molecule has 0 fully saturated rings. The van der Waals surface area contributed by atoms with E-state index in [4.69, 9.17) is 17.0 Å². The Kier molecular flexibility index (Phi) is 8.82. The van der Waals surface area contributed by atoms with Crippen molar-refractivity contribution in [3.63, 3.8) is 0 Å². The van der Waals surface area contributed by atoms with Crippen LogP contribution >= 0.6 is 12.2 Å². The van der Waals surface area contributed by atoms with Crippen LogP contribution in [0.5, 0.6) is 0 Å². The first-order valence-electron chi connectivity index (χ1n) is 8.27. The Labute approximate surface area is 164 Å². The average Bonchev–Trinajstić information content (AvgIpc) is 2.60. The van der Waals surface area contributed by atoms with Crippen molar-refractivity contribution in [1.29, 1.82) is 0 Å². The van der Waals surface area contributed by atoms with E-state index in [1.165, 1.54) is 16.4 Å². The Balaban J connectivity index is 3.13. The van der Waals surface area contributed by atoms with E-state index in [1.807, 2.05) is 6.92 Å². The Morgan fingerprint density at radius 3 is 2.52 bits per heavy atom. The van der Waals surface area contributed by atoms with Crippen molar-refractivity contribution in [3.05, 3.63) is 28.3 Å². The van der Waals surface area contributed by atoms with Crippen LogP contribution < -0.4 is 16.2 Å². The van der Waals surface area contributed by atoms with Gasteiger partial charge in [0.15, 0.2) is 5.11 Å². The number of rotatable bonds is 10. The second-order valence-electron chi connectivity index (χ2n) is 5.61. The zero-order valence-electron chi connectivity index (χ0n) is 15.7. The lowest BCUT2D eigenvalue weighted by atomic mass is 10.3. The van der Waals surface area contributed by atoms with Gasteiger partial charge in [0.2, 0.25) is 10.0 Å². The molecule has 0 amide bonds. The fourth-order valence-corrected chi connectivity index (χ4v) is 4.20. The molecule has 1 unspecified atom stereocenters. The SMILES string of the molecule is CCN(CC)S(=O)(=O)c1cc([N+](=O)[O-])ccc1NNC(=S)NC(C)COC. The summed E-state index contributed by atoms with van der Waals surface area (Å²) >= 11 is 5.14. The minimum atomic E-state index is -3.92. The summed E-state index contributed by atoms with van der Waals surface area (Å²) < 4.78 is 32.0. The average molecular weight is 420 g/mol. The molecule has 0 heterocycles. The third-order valence-electron chi connectivity index (χ3n) is 3.60. The number of non-ortho nitro benzene ring substituents is 1. The molecule has 12 heteroatoms. The molecule has 1 atom stereocenters. The first-order valence-corrected chi connectivity index (χ1v) is 10.1. The number of ether oxygens (including phenoxy) is 1. The molecule has 0 bridgehead atoms. The van der Waals surface area contributed by atoms with Crippen LogP contribution in [0.3, 0.4) is 0 Å². The molecule has 0 aliphatic rings. The van der Waals surface area contributed by atoms with Crippen molar-refractivity contribution in [3.8, 4) is 0 Å². The van der Waals surface area contributed by atoms with Crippen molar-refractivity contribution in [1.82, 2.24) is 15.0 Å². The number of methoxy groups -OCH3 is 1. The quantitative estimate of drug-likeness (QED) is 0.293. The maximum atomic E-state index is 12.9. The van der Waals surface area contributed by atoms with E-state index in [0.717, 1.165) is 6.07 Å². The maximum Gasteiger partial charge on any atom is 0.270 e. The van der Waals surface area contributed by atoms with Crippen molar-refractivity contribution in [2.24, 2.45) is 0 Å². The highest BCUT2D eigenvalue weighted by Gasteiger charge is 2.27. The van der Waals surface area contributed by atoms with Crippen LogP contribution in [0.15, 0.2) is 23.1 Å². The lowest BCUT2D eigenvalue weighted by Crippen LogP contribution is -2.44. The second kappa shape index (κ2) is 10.3.